The lowest BCUT2D eigenvalue weighted by Gasteiger charge is -2.15. The van der Waals surface area contributed by atoms with Gasteiger partial charge in [-0.1, -0.05) is 24.7 Å². The quantitative estimate of drug-likeness (QED) is 0.881. The molecule has 21 heavy (non-hydrogen) atoms. The summed E-state index contributed by atoms with van der Waals surface area (Å²) in [4.78, 5) is 17.7. The van der Waals surface area contributed by atoms with Crippen LogP contribution in [0.15, 0.2) is 23.0 Å². The molecule has 0 fully saturated rings. The van der Waals surface area contributed by atoms with E-state index in [0.717, 1.165) is 42.1 Å². The minimum atomic E-state index is -0.224. The molecule has 0 saturated heterocycles. The van der Waals surface area contributed by atoms with Crippen LogP contribution in [-0.4, -0.2) is 23.5 Å². The summed E-state index contributed by atoms with van der Waals surface area (Å²) >= 11 is 1.23. The zero-order chi connectivity index (χ0) is 15.4. The Morgan fingerprint density at radius 3 is 2.81 bits per heavy atom. The van der Waals surface area contributed by atoms with Gasteiger partial charge >= 0.3 is 4.87 Å². The molecule has 3 nitrogen and oxygen atoms in total. The van der Waals surface area contributed by atoms with E-state index >= 15 is 0 Å². The van der Waals surface area contributed by atoms with Crippen molar-refractivity contribution in [1.82, 2.24) is 9.88 Å². The summed E-state index contributed by atoms with van der Waals surface area (Å²) in [6.07, 6.45) is 2.29. The van der Waals surface area contributed by atoms with Crippen molar-refractivity contribution in [3.63, 3.8) is 0 Å². The molecule has 0 spiro atoms. The predicted octanol–water partition coefficient (Wildman–Crippen LogP) is 3.78. The summed E-state index contributed by atoms with van der Waals surface area (Å²) in [5, 5.41) is 0. The number of hydrogen-bond acceptors (Lipinski definition) is 3. The number of nitrogens with one attached hydrogen (secondary N) is 1. The normalized spacial score (nSPS) is 11.3. The summed E-state index contributed by atoms with van der Waals surface area (Å²) in [5.41, 5.74) is 2.27. The summed E-state index contributed by atoms with van der Waals surface area (Å²) in [6.45, 7) is 5.63. The lowest BCUT2D eigenvalue weighted by atomic mass is 10.1. The number of aromatic amines is 1. The molecular weight excluding hydrogens is 287 g/mol. The second-order valence-corrected chi connectivity index (χ2v) is 6.44. The minimum absolute atomic E-state index is 0.0640. The third kappa shape index (κ3) is 4.02. The van der Waals surface area contributed by atoms with Crippen LogP contribution in [0.4, 0.5) is 4.39 Å². The fourth-order valence-corrected chi connectivity index (χ4v) is 3.19. The molecular formula is C16H21FN2OS. The Morgan fingerprint density at radius 1 is 1.38 bits per heavy atom. The van der Waals surface area contributed by atoms with Gasteiger partial charge in [-0.2, -0.15) is 0 Å². The third-order valence-electron chi connectivity index (χ3n) is 3.48. The lowest BCUT2D eigenvalue weighted by molar-refractivity contribution is 0.324. The largest absolute Gasteiger partial charge is 0.312 e. The van der Waals surface area contributed by atoms with Crippen LogP contribution in [0.25, 0.3) is 11.3 Å². The van der Waals surface area contributed by atoms with E-state index in [2.05, 4.69) is 23.9 Å². The molecule has 0 aliphatic heterocycles. The molecule has 2 aromatic rings. The fourth-order valence-electron chi connectivity index (χ4n) is 2.26. The number of thiazole rings is 1. The van der Waals surface area contributed by atoms with Crippen LogP contribution in [0.5, 0.6) is 0 Å². The number of nitrogens with zero attached hydrogens (tertiary/aromatic N) is 1. The Balaban J connectivity index is 2.27. The molecule has 0 aliphatic carbocycles. The number of unbranched alkanes of at least 4 members (excludes halogenated alkanes) is 1. The number of halogens is 1. The van der Waals surface area contributed by atoms with Gasteiger partial charge in [0.05, 0.1) is 5.69 Å². The van der Waals surface area contributed by atoms with Crippen molar-refractivity contribution in [2.24, 2.45) is 0 Å². The highest BCUT2D eigenvalue weighted by atomic mass is 32.1. The third-order valence-corrected chi connectivity index (χ3v) is 4.34. The van der Waals surface area contributed by atoms with E-state index in [1.54, 1.807) is 19.1 Å². The van der Waals surface area contributed by atoms with E-state index in [-0.39, 0.29) is 10.7 Å². The van der Waals surface area contributed by atoms with Gasteiger partial charge < -0.3 is 9.88 Å². The van der Waals surface area contributed by atoms with Crippen LogP contribution >= 0.6 is 11.3 Å². The molecule has 0 aliphatic rings. The van der Waals surface area contributed by atoms with Gasteiger partial charge in [-0.15, -0.1) is 0 Å². The Kier molecular flexibility index (Phi) is 5.31. The van der Waals surface area contributed by atoms with Crippen LogP contribution in [0, 0.1) is 12.7 Å². The Bertz CT molecular complexity index is 663. The number of aromatic nitrogens is 1. The first-order valence-corrected chi connectivity index (χ1v) is 8.00. The van der Waals surface area contributed by atoms with Gasteiger partial charge in [-0.25, -0.2) is 4.39 Å². The van der Waals surface area contributed by atoms with E-state index < -0.39 is 0 Å². The van der Waals surface area contributed by atoms with Gasteiger partial charge in [0, 0.05) is 11.4 Å². The molecule has 0 radical (unpaired) electrons. The highest BCUT2D eigenvalue weighted by Gasteiger charge is 2.13. The van der Waals surface area contributed by atoms with Crippen molar-refractivity contribution in [3.05, 3.63) is 44.1 Å². The van der Waals surface area contributed by atoms with Gasteiger partial charge in [0.25, 0.3) is 0 Å². The molecule has 0 atom stereocenters. The Morgan fingerprint density at radius 2 is 2.14 bits per heavy atom. The summed E-state index contributed by atoms with van der Waals surface area (Å²) in [5.74, 6) is -0.224. The monoisotopic (exact) mass is 308 g/mol. The molecule has 0 saturated carbocycles. The van der Waals surface area contributed by atoms with Crippen LogP contribution < -0.4 is 4.87 Å². The highest BCUT2D eigenvalue weighted by molar-refractivity contribution is 7.09. The Labute approximate surface area is 128 Å². The van der Waals surface area contributed by atoms with E-state index in [1.165, 1.54) is 17.4 Å². The van der Waals surface area contributed by atoms with Crippen molar-refractivity contribution < 1.29 is 4.39 Å². The van der Waals surface area contributed by atoms with Crippen molar-refractivity contribution in [2.75, 3.05) is 13.6 Å². The zero-order valence-electron chi connectivity index (χ0n) is 12.7. The first kappa shape index (κ1) is 15.9. The zero-order valence-corrected chi connectivity index (χ0v) is 13.5. The summed E-state index contributed by atoms with van der Waals surface area (Å²) in [7, 11) is 2.06. The average molecular weight is 308 g/mol. The molecule has 0 amide bonds. The van der Waals surface area contributed by atoms with Crippen LogP contribution in [-0.2, 0) is 6.54 Å². The van der Waals surface area contributed by atoms with E-state index in [1.807, 2.05) is 0 Å². The molecule has 1 aromatic heterocycles. The maximum Gasteiger partial charge on any atom is 0.305 e. The van der Waals surface area contributed by atoms with Gasteiger partial charge in [0.15, 0.2) is 0 Å². The number of rotatable bonds is 6. The first-order valence-electron chi connectivity index (χ1n) is 7.18. The SMILES string of the molecule is CCCCN(C)Cc1sc(=O)[nH]c1-c1ccc(F)c(C)c1. The molecule has 1 heterocycles. The standard InChI is InChI=1S/C16H21FN2OS/c1-4-5-8-19(3)10-14-15(18-16(20)21-14)12-6-7-13(17)11(2)9-12/h6-7,9H,4-5,8,10H2,1-3H3,(H,18,20). The first-order chi connectivity index (χ1) is 10.0. The van der Waals surface area contributed by atoms with Crippen LogP contribution in [0.1, 0.15) is 30.2 Å². The highest BCUT2D eigenvalue weighted by Crippen LogP contribution is 2.26. The second-order valence-electron chi connectivity index (χ2n) is 5.37. The van der Waals surface area contributed by atoms with Gasteiger partial charge in [0.1, 0.15) is 5.82 Å². The topological polar surface area (TPSA) is 36.1 Å². The number of benzene rings is 1. The number of H-pyrrole nitrogens is 1. The van der Waals surface area contributed by atoms with Crippen molar-refractivity contribution >= 4 is 11.3 Å². The molecule has 0 bridgehead atoms. The number of aryl methyl sites for hydroxylation is 1. The van der Waals surface area contributed by atoms with Gasteiger partial charge in [-0.3, -0.25) is 4.79 Å². The van der Waals surface area contributed by atoms with Gasteiger partial charge in [-0.05, 0) is 56.3 Å². The Hall–Kier alpha value is -1.46. The molecule has 114 valence electrons. The predicted molar refractivity (Wildman–Crippen MR) is 86.3 cm³/mol. The second kappa shape index (κ2) is 7.00. The lowest BCUT2D eigenvalue weighted by Crippen LogP contribution is -2.18. The molecule has 5 heteroatoms. The van der Waals surface area contributed by atoms with Crippen molar-refractivity contribution in [2.45, 2.75) is 33.2 Å². The molecule has 0 unspecified atom stereocenters. The van der Waals surface area contributed by atoms with Crippen molar-refractivity contribution in [3.8, 4) is 11.3 Å². The maximum absolute atomic E-state index is 13.4. The van der Waals surface area contributed by atoms with Crippen LogP contribution in [0.3, 0.4) is 0 Å². The average Bonchev–Trinajstić information content (AvgIpc) is 2.80. The smallest absolute Gasteiger partial charge is 0.305 e. The molecule has 1 N–H and O–H groups in total. The molecule has 1 aromatic carbocycles. The maximum atomic E-state index is 13.4. The van der Waals surface area contributed by atoms with Gasteiger partial charge in [0.2, 0.25) is 0 Å². The molecule has 2 rings (SSSR count). The van der Waals surface area contributed by atoms with E-state index in [9.17, 15) is 9.18 Å². The number of hydrogen-bond donors (Lipinski definition) is 1. The van der Waals surface area contributed by atoms with Crippen LogP contribution in [0.2, 0.25) is 0 Å². The fraction of sp³-hybridized carbons (Fsp3) is 0.438. The summed E-state index contributed by atoms with van der Waals surface area (Å²) < 4.78 is 13.4. The summed E-state index contributed by atoms with van der Waals surface area (Å²) in [6, 6.07) is 4.95. The van der Waals surface area contributed by atoms with Crippen molar-refractivity contribution in [1.29, 1.82) is 0 Å². The van der Waals surface area contributed by atoms with E-state index in [4.69, 9.17) is 0 Å². The van der Waals surface area contributed by atoms with E-state index in [0.29, 0.717) is 5.56 Å². The minimum Gasteiger partial charge on any atom is -0.312 e.